The van der Waals surface area contributed by atoms with Gasteiger partial charge in [0.1, 0.15) is 12.4 Å². The molecule has 158 valence electrons. The van der Waals surface area contributed by atoms with E-state index in [2.05, 4.69) is 9.62 Å². The number of sulfonamides is 1. The fraction of sp³-hybridized carbons (Fsp3) is 0.250. The molecule has 0 amide bonds. The van der Waals surface area contributed by atoms with Crippen LogP contribution in [0.4, 0.5) is 0 Å². The van der Waals surface area contributed by atoms with Crippen LogP contribution in [0, 0.1) is 6.92 Å². The molecule has 0 unspecified atom stereocenters. The number of ether oxygens (including phenoxy) is 1. The Morgan fingerprint density at radius 2 is 1.57 bits per heavy atom. The molecule has 0 saturated carbocycles. The zero-order chi connectivity index (χ0) is 21.6. The second-order valence-electron chi connectivity index (χ2n) is 7.47. The number of hydrogen-bond acceptors (Lipinski definition) is 4. The third kappa shape index (κ3) is 5.92. The van der Waals surface area contributed by atoms with Gasteiger partial charge < -0.3 is 9.64 Å². The predicted molar refractivity (Wildman–Crippen MR) is 121 cm³/mol. The standard InChI is InChI=1S/C24H28N2O3S/c1-19-9-10-20(17-24(19)29-16-15-26(2)3)18-25-30(27,28)23-13-11-22(12-14-23)21-7-5-4-6-8-21/h4-14,17,25H,15-16,18H2,1-3H3. The van der Waals surface area contributed by atoms with E-state index in [1.165, 1.54) is 0 Å². The minimum absolute atomic E-state index is 0.201. The summed E-state index contributed by atoms with van der Waals surface area (Å²) in [5, 5.41) is 0. The average Bonchev–Trinajstić information content (AvgIpc) is 2.74. The Bertz CT molecular complexity index is 1060. The molecule has 0 atom stereocenters. The number of likely N-dealkylation sites (N-methyl/N-ethyl adjacent to an activating group) is 1. The van der Waals surface area contributed by atoms with Gasteiger partial charge in [-0.15, -0.1) is 0 Å². The van der Waals surface area contributed by atoms with Gasteiger partial charge in [0.05, 0.1) is 4.90 Å². The number of aryl methyl sites for hydroxylation is 1. The van der Waals surface area contributed by atoms with Crippen molar-refractivity contribution in [2.75, 3.05) is 27.2 Å². The molecule has 0 fully saturated rings. The van der Waals surface area contributed by atoms with E-state index >= 15 is 0 Å². The van der Waals surface area contributed by atoms with E-state index in [4.69, 9.17) is 4.74 Å². The fourth-order valence-corrected chi connectivity index (χ4v) is 3.98. The molecule has 6 heteroatoms. The molecular weight excluding hydrogens is 396 g/mol. The summed E-state index contributed by atoms with van der Waals surface area (Å²) in [6.45, 7) is 3.58. The first-order valence-corrected chi connectivity index (χ1v) is 11.4. The molecule has 5 nitrogen and oxygen atoms in total. The quantitative estimate of drug-likeness (QED) is 0.562. The van der Waals surface area contributed by atoms with Crippen LogP contribution in [0.15, 0.2) is 77.7 Å². The van der Waals surface area contributed by atoms with E-state index in [1.54, 1.807) is 12.1 Å². The van der Waals surface area contributed by atoms with Gasteiger partial charge in [0.25, 0.3) is 0 Å². The maximum atomic E-state index is 12.7. The van der Waals surface area contributed by atoms with E-state index in [-0.39, 0.29) is 11.4 Å². The molecule has 0 aliphatic heterocycles. The lowest BCUT2D eigenvalue weighted by molar-refractivity contribution is 0.260. The van der Waals surface area contributed by atoms with Gasteiger partial charge in [-0.1, -0.05) is 54.6 Å². The van der Waals surface area contributed by atoms with Gasteiger partial charge in [-0.2, -0.15) is 0 Å². The van der Waals surface area contributed by atoms with Crippen LogP contribution in [-0.2, 0) is 16.6 Å². The Hall–Kier alpha value is -2.67. The van der Waals surface area contributed by atoms with Crippen molar-refractivity contribution >= 4 is 10.0 Å². The Kier molecular flexibility index (Phi) is 7.26. The lowest BCUT2D eigenvalue weighted by Gasteiger charge is -2.14. The lowest BCUT2D eigenvalue weighted by Crippen LogP contribution is -2.23. The monoisotopic (exact) mass is 424 g/mol. The molecule has 3 aromatic carbocycles. The summed E-state index contributed by atoms with van der Waals surface area (Å²) in [6, 6.07) is 22.5. The molecule has 3 rings (SSSR count). The molecule has 0 heterocycles. The number of nitrogens with one attached hydrogen (secondary N) is 1. The third-order valence-electron chi connectivity index (χ3n) is 4.79. The largest absolute Gasteiger partial charge is 0.492 e. The summed E-state index contributed by atoms with van der Waals surface area (Å²) in [6.07, 6.45) is 0. The molecule has 3 aromatic rings. The van der Waals surface area contributed by atoms with Crippen molar-refractivity contribution in [1.29, 1.82) is 0 Å². The van der Waals surface area contributed by atoms with Crippen LogP contribution < -0.4 is 9.46 Å². The van der Waals surface area contributed by atoms with Gasteiger partial charge in [-0.25, -0.2) is 13.1 Å². The minimum atomic E-state index is -3.61. The first kappa shape index (κ1) is 22.0. The normalized spacial score (nSPS) is 11.6. The second-order valence-corrected chi connectivity index (χ2v) is 9.23. The SMILES string of the molecule is Cc1ccc(CNS(=O)(=O)c2ccc(-c3ccccc3)cc2)cc1OCCN(C)C. The molecule has 0 aliphatic rings. The van der Waals surface area contributed by atoms with Gasteiger partial charge in [0.2, 0.25) is 10.0 Å². The van der Waals surface area contributed by atoms with Crippen molar-refractivity contribution in [3.05, 3.63) is 83.9 Å². The molecule has 1 N–H and O–H groups in total. The Morgan fingerprint density at radius 3 is 2.23 bits per heavy atom. The van der Waals surface area contributed by atoms with Crippen LogP contribution in [0.25, 0.3) is 11.1 Å². The van der Waals surface area contributed by atoms with Crippen molar-refractivity contribution < 1.29 is 13.2 Å². The summed E-state index contributed by atoms with van der Waals surface area (Å²) in [5.41, 5.74) is 3.91. The van der Waals surface area contributed by atoms with Crippen molar-refractivity contribution in [2.45, 2.75) is 18.4 Å². The molecule has 0 saturated heterocycles. The van der Waals surface area contributed by atoms with Gasteiger partial charge in [0, 0.05) is 13.1 Å². The smallest absolute Gasteiger partial charge is 0.240 e. The molecule has 0 radical (unpaired) electrons. The number of benzene rings is 3. The van der Waals surface area contributed by atoms with Gasteiger partial charge in [0.15, 0.2) is 0 Å². The fourth-order valence-electron chi connectivity index (χ4n) is 2.97. The molecular formula is C24H28N2O3S. The summed E-state index contributed by atoms with van der Waals surface area (Å²) in [4.78, 5) is 2.30. The number of hydrogen-bond donors (Lipinski definition) is 1. The number of rotatable bonds is 9. The van der Waals surface area contributed by atoms with Crippen LogP contribution >= 0.6 is 0 Å². The molecule has 30 heavy (non-hydrogen) atoms. The second kappa shape index (κ2) is 9.89. The minimum Gasteiger partial charge on any atom is -0.492 e. The highest BCUT2D eigenvalue weighted by Gasteiger charge is 2.14. The highest BCUT2D eigenvalue weighted by atomic mass is 32.2. The van der Waals surface area contributed by atoms with Crippen molar-refractivity contribution in [3.8, 4) is 16.9 Å². The van der Waals surface area contributed by atoms with Crippen molar-refractivity contribution in [1.82, 2.24) is 9.62 Å². The van der Waals surface area contributed by atoms with Gasteiger partial charge in [-0.3, -0.25) is 0 Å². The molecule has 0 aromatic heterocycles. The van der Waals surface area contributed by atoms with Crippen molar-refractivity contribution in [3.63, 3.8) is 0 Å². The molecule has 0 spiro atoms. The first-order chi connectivity index (χ1) is 14.3. The highest BCUT2D eigenvalue weighted by Crippen LogP contribution is 2.22. The average molecular weight is 425 g/mol. The van der Waals surface area contributed by atoms with Gasteiger partial charge in [-0.05, 0) is 61.5 Å². The topological polar surface area (TPSA) is 58.6 Å². The Labute approximate surface area is 179 Å². The Balaban J connectivity index is 1.66. The number of nitrogens with zero attached hydrogens (tertiary/aromatic N) is 1. The summed E-state index contributed by atoms with van der Waals surface area (Å²) < 4.78 is 33.9. The summed E-state index contributed by atoms with van der Waals surface area (Å²) >= 11 is 0. The van der Waals surface area contributed by atoms with E-state index in [9.17, 15) is 8.42 Å². The molecule has 0 aliphatic carbocycles. The van der Waals surface area contributed by atoms with E-state index in [1.807, 2.05) is 81.7 Å². The zero-order valence-electron chi connectivity index (χ0n) is 17.6. The maximum absolute atomic E-state index is 12.7. The zero-order valence-corrected chi connectivity index (χ0v) is 18.4. The summed E-state index contributed by atoms with van der Waals surface area (Å²) in [7, 11) is 0.382. The van der Waals surface area contributed by atoms with Crippen LogP contribution in [0.5, 0.6) is 5.75 Å². The van der Waals surface area contributed by atoms with E-state index in [0.29, 0.717) is 6.61 Å². The van der Waals surface area contributed by atoms with Crippen LogP contribution in [0.2, 0.25) is 0 Å². The first-order valence-electron chi connectivity index (χ1n) is 9.87. The van der Waals surface area contributed by atoms with Crippen LogP contribution in [0.3, 0.4) is 0 Å². The molecule has 0 bridgehead atoms. The summed E-state index contributed by atoms with van der Waals surface area (Å²) in [5.74, 6) is 0.778. The van der Waals surface area contributed by atoms with E-state index in [0.717, 1.165) is 34.5 Å². The Morgan fingerprint density at radius 1 is 0.900 bits per heavy atom. The van der Waals surface area contributed by atoms with E-state index < -0.39 is 10.0 Å². The van der Waals surface area contributed by atoms with Crippen LogP contribution in [-0.4, -0.2) is 40.6 Å². The van der Waals surface area contributed by atoms with Crippen molar-refractivity contribution in [2.24, 2.45) is 0 Å². The van der Waals surface area contributed by atoms with Gasteiger partial charge >= 0.3 is 0 Å². The lowest BCUT2D eigenvalue weighted by atomic mass is 10.1. The highest BCUT2D eigenvalue weighted by molar-refractivity contribution is 7.89. The third-order valence-corrected chi connectivity index (χ3v) is 6.20. The van der Waals surface area contributed by atoms with Crippen LogP contribution in [0.1, 0.15) is 11.1 Å². The maximum Gasteiger partial charge on any atom is 0.240 e. The predicted octanol–water partition coefficient (Wildman–Crippen LogP) is 4.08.